The first-order chi connectivity index (χ1) is 11.2. The van der Waals surface area contributed by atoms with Crippen molar-refractivity contribution in [3.63, 3.8) is 0 Å². The molecule has 0 radical (unpaired) electrons. The van der Waals surface area contributed by atoms with Crippen molar-refractivity contribution in [3.05, 3.63) is 84.7 Å². The van der Waals surface area contributed by atoms with E-state index in [0.717, 1.165) is 11.1 Å². The van der Waals surface area contributed by atoms with E-state index in [1.54, 1.807) is 36.7 Å². The van der Waals surface area contributed by atoms with Gasteiger partial charge in [0.1, 0.15) is 0 Å². The molecule has 0 saturated heterocycles. The first-order valence-corrected chi connectivity index (χ1v) is 7.28. The summed E-state index contributed by atoms with van der Waals surface area (Å²) in [5, 5.41) is 12.8. The number of anilines is 1. The Morgan fingerprint density at radius 1 is 0.870 bits per heavy atom. The molecule has 2 N–H and O–H groups in total. The number of nitrogens with zero attached hydrogens (tertiary/aromatic N) is 1. The molecule has 0 unspecified atom stereocenters. The molecule has 0 aliphatic heterocycles. The Morgan fingerprint density at radius 3 is 2.13 bits per heavy atom. The smallest absolute Gasteiger partial charge is 0.257 e. The molecule has 4 nitrogen and oxygen atoms in total. The van der Waals surface area contributed by atoms with Gasteiger partial charge in [0.25, 0.3) is 5.91 Å². The van der Waals surface area contributed by atoms with E-state index in [1.165, 1.54) is 0 Å². The number of amides is 1. The van der Waals surface area contributed by atoms with Crippen LogP contribution in [0.2, 0.25) is 0 Å². The lowest BCUT2D eigenvalue weighted by Crippen LogP contribution is -2.20. The summed E-state index contributed by atoms with van der Waals surface area (Å²) < 4.78 is 0. The largest absolute Gasteiger partial charge is 0.378 e. The second-order valence-electron chi connectivity index (χ2n) is 5.12. The maximum atomic E-state index is 12.1. The summed E-state index contributed by atoms with van der Waals surface area (Å²) in [5.74, 6) is -0.451. The van der Waals surface area contributed by atoms with Gasteiger partial charge in [-0.1, -0.05) is 42.5 Å². The van der Waals surface area contributed by atoms with E-state index in [1.807, 2.05) is 42.5 Å². The average molecular weight is 304 g/mol. The number of aliphatic hydroxyl groups is 1. The molecule has 0 fully saturated rings. The molecule has 0 bridgehead atoms. The second-order valence-corrected chi connectivity index (χ2v) is 5.12. The van der Waals surface area contributed by atoms with Crippen LogP contribution in [0.5, 0.6) is 0 Å². The van der Waals surface area contributed by atoms with Gasteiger partial charge < -0.3 is 10.4 Å². The summed E-state index contributed by atoms with van der Waals surface area (Å²) in [4.78, 5) is 16.1. The molecular weight excluding hydrogens is 288 g/mol. The molecule has 2 aromatic carbocycles. The zero-order chi connectivity index (χ0) is 16.1. The van der Waals surface area contributed by atoms with Crippen molar-refractivity contribution in [2.24, 2.45) is 0 Å². The molecular formula is C19H16N2O2. The van der Waals surface area contributed by atoms with Crippen LogP contribution < -0.4 is 5.32 Å². The maximum absolute atomic E-state index is 12.1. The molecule has 4 heteroatoms. The zero-order valence-corrected chi connectivity index (χ0v) is 12.4. The zero-order valence-electron chi connectivity index (χ0n) is 12.4. The lowest BCUT2D eigenvalue weighted by Gasteiger charge is -2.12. The molecule has 23 heavy (non-hydrogen) atoms. The van der Waals surface area contributed by atoms with E-state index in [9.17, 15) is 9.90 Å². The number of hydrogen-bond donors (Lipinski definition) is 2. The topological polar surface area (TPSA) is 62.2 Å². The van der Waals surface area contributed by atoms with Gasteiger partial charge in [-0.2, -0.15) is 0 Å². The van der Waals surface area contributed by atoms with Crippen molar-refractivity contribution >= 4 is 11.6 Å². The number of carbonyl (C=O) groups is 1. The normalized spacial score (nSPS) is 11.7. The predicted molar refractivity (Wildman–Crippen MR) is 89.7 cm³/mol. The van der Waals surface area contributed by atoms with E-state index in [-0.39, 0.29) is 0 Å². The third-order valence-corrected chi connectivity index (χ3v) is 3.53. The lowest BCUT2D eigenvalue weighted by atomic mass is 10.1. The number of hydrogen-bond acceptors (Lipinski definition) is 3. The Labute approximate surface area is 134 Å². The second kappa shape index (κ2) is 6.85. The van der Waals surface area contributed by atoms with Gasteiger partial charge in [0.15, 0.2) is 6.10 Å². The van der Waals surface area contributed by atoms with Crippen LogP contribution in [0.4, 0.5) is 5.69 Å². The molecule has 114 valence electrons. The Hall–Kier alpha value is -2.98. The molecule has 1 aromatic heterocycles. The predicted octanol–water partition coefficient (Wildman–Crippen LogP) is 3.42. The Morgan fingerprint density at radius 2 is 1.48 bits per heavy atom. The average Bonchev–Trinajstić information content (AvgIpc) is 2.63. The number of benzene rings is 2. The van der Waals surface area contributed by atoms with E-state index in [0.29, 0.717) is 11.3 Å². The van der Waals surface area contributed by atoms with Gasteiger partial charge in [-0.15, -0.1) is 0 Å². The number of carbonyl (C=O) groups excluding carboxylic acids is 1. The number of nitrogens with one attached hydrogen (secondary N) is 1. The quantitative estimate of drug-likeness (QED) is 0.776. The highest BCUT2D eigenvalue weighted by molar-refractivity contribution is 5.94. The molecule has 0 aliphatic carbocycles. The van der Waals surface area contributed by atoms with E-state index >= 15 is 0 Å². The van der Waals surface area contributed by atoms with E-state index in [4.69, 9.17) is 0 Å². The van der Waals surface area contributed by atoms with Gasteiger partial charge in [-0.25, -0.2) is 0 Å². The highest BCUT2D eigenvalue weighted by Gasteiger charge is 2.16. The molecule has 1 heterocycles. The molecule has 0 aliphatic rings. The van der Waals surface area contributed by atoms with Gasteiger partial charge in [0, 0.05) is 18.1 Å². The summed E-state index contributed by atoms with van der Waals surface area (Å²) in [6, 6.07) is 20.2. The summed E-state index contributed by atoms with van der Waals surface area (Å²) in [6.45, 7) is 0. The fourth-order valence-corrected chi connectivity index (χ4v) is 2.29. The Balaban J connectivity index is 1.70. The van der Waals surface area contributed by atoms with Gasteiger partial charge >= 0.3 is 0 Å². The minimum atomic E-state index is -1.18. The first kappa shape index (κ1) is 14.9. The SMILES string of the molecule is O=C(Nc1ccc(-c2ccncc2)cc1)[C@@H](O)c1ccccc1. The van der Waals surface area contributed by atoms with Crippen LogP contribution in [0.15, 0.2) is 79.1 Å². The molecule has 0 saturated carbocycles. The van der Waals surface area contributed by atoms with Crippen LogP contribution in [0.1, 0.15) is 11.7 Å². The summed E-state index contributed by atoms with van der Waals surface area (Å²) in [7, 11) is 0. The lowest BCUT2D eigenvalue weighted by molar-refractivity contribution is -0.124. The molecule has 3 rings (SSSR count). The van der Waals surface area contributed by atoms with Crippen LogP contribution in [0, 0.1) is 0 Å². The number of rotatable bonds is 4. The monoisotopic (exact) mass is 304 g/mol. The van der Waals surface area contributed by atoms with E-state index < -0.39 is 12.0 Å². The van der Waals surface area contributed by atoms with Crippen molar-refractivity contribution in [1.82, 2.24) is 4.98 Å². The molecule has 3 aromatic rings. The number of aromatic nitrogens is 1. The summed E-state index contributed by atoms with van der Waals surface area (Å²) in [6.07, 6.45) is 2.29. The highest BCUT2D eigenvalue weighted by atomic mass is 16.3. The fourth-order valence-electron chi connectivity index (χ4n) is 2.29. The van der Waals surface area contributed by atoms with Crippen molar-refractivity contribution in [3.8, 4) is 11.1 Å². The van der Waals surface area contributed by atoms with Gasteiger partial charge in [0.2, 0.25) is 0 Å². The minimum Gasteiger partial charge on any atom is -0.378 e. The van der Waals surface area contributed by atoms with Crippen molar-refractivity contribution in [1.29, 1.82) is 0 Å². The molecule has 1 atom stereocenters. The fraction of sp³-hybridized carbons (Fsp3) is 0.0526. The molecule has 0 spiro atoms. The highest BCUT2D eigenvalue weighted by Crippen LogP contribution is 2.21. The third kappa shape index (κ3) is 3.62. The summed E-state index contributed by atoms with van der Waals surface area (Å²) >= 11 is 0. The summed E-state index contributed by atoms with van der Waals surface area (Å²) in [5.41, 5.74) is 3.30. The van der Waals surface area contributed by atoms with Crippen LogP contribution >= 0.6 is 0 Å². The number of pyridine rings is 1. The minimum absolute atomic E-state index is 0.451. The van der Waals surface area contributed by atoms with Gasteiger partial charge in [0.05, 0.1) is 0 Å². The Kier molecular flexibility index (Phi) is 4.45. The third-order valence-electron chi connectivity index (χ3n) is 3.53. The Bertz CT molecular complexity index is 771. The van der Waals surface area contributed by atoms with Crippen LogP contribution in [0.3, 0.4) is 0 Å². The van der Waals surface area contributed by atoms with Crippen LogP contribution in [-0.2, 0) is 4.79 Å². The number of aliphatic hydroxyl groups excluding tert-OH is 1. The standard InChI is InChI=1S/C19H16N2O2/c22-18(16-4-2-1-3-5-16)19(23)21-17-8-6-14(7-9-17)15-10-12-20-13-11-15/h1-13,18,22H,(H,21,23)/t18-/m0/s1. The van der Waals surface area contributed by atoms with Crippen molar-refractivity contribution in [2.45, 2.75) is 6.10 Å². The molecule has 1 amide bonds. The first-order valence-electron chi connectivity index (χ1n) is 7.28. The maximum Gasteiger partial charge on any atom is 0.257 e. The van der Waals surface area contributed by atoms with Crippen LogP contribution in [-0.4, -0.2) is 16.0 Å². The van der Waals surface area contributed by atoms with E-state index in [2.05, 4.69) is 10.3 Å². The van der Waals surface area contributed by atoms with Crippen LogP contribution in [0.25, 0.3) is 11.1 Å². The van der Waals surface area contributed by atoms with Gasteiger partial charge in [-0.05, 0) is 41.0 Å². The van der Waals surface area contributed by atoms with Gasteiger partial charge in [-0.3, -0.25) is 9.78 Å². The van der Waals surface area contributed by atoms with Crippen molar-refractivity contribution in [2.75, 3.05) is 5.32 Å². The van der Waals surface area contributed by atoms with Crippen molar-refractivity contribution < 1.29 is 9.90 Å².